The molecular formula is C24H24F2N2O5. The van der Waals surface area contributed by atoms with E-state index in [2.05, 4.69) is 5.32 Å². The predicted molar refractivity (Wildman–Crippen MR) is 115 cm³/mol. The van der Waals surface area contributed by atoms with Gasteiger partial charge in [0.1, 0.15) is 12.6 Å². The average molecular weight is 458 g/mol. The molecule has 4 rings (SSSR count). The van der Waals surface area contributed by atoms with Crippen LogP contribution in [0.25, 0.3) is 11.1 Å². The van der Waals surface area contributed by atoms with Gasteiger partial charge in [-0.2, -0.15) is 0 Å². The lowest BCUT2D eigenvalue weighted by atomic mass is 9.98. The zero-order chi connectivity index (χ0) is 23.6. The van der Waals surface area contributed by atoms with E-state index in [9.17, 15) is 23.2 Å². The molecule has 1 atom stereocenters. The number of hydrogen-bond donors (Lipinski definition) is 2. The Morgan fingerprint density at radius 1 is 1.06 bits per heavy atom. The van der Waals surface area contributed by atoms with Crippen molar-refractivity contribution in [1.29, 1.82) is 0 Å². The number of ether oxygens (including phenoxy) is 1. The third-order valence-electron chi connectivity index (χ3n) is 6.06. The minimum atomic E-state index is -3.21. The van der Waals surface area contributed by atoms with Crippen LogP contribution in [0.4, 0.5) is 13.6 Å². The summed E-state index contributed by atoms with van der Waals surface area (Å²) in [7, 11) is 0. The van der Waals surface area contributed by atoms with Crippen LogP contribution < -0.4 is 5.32 Å². The number of benzene rings is 2. The van der Waals surface area contributed by atoms with Crippen molar-refractivity contribution in [3.05, 3.63) is 59.7 Å². The van der Waals surface area contributed by atoms with Gasteiger partial charge in [-0.05, 0) is 28.7 Å². The summed E-state index contributed by atoms with van der Waals surface area (Å²) >= 11 is 0. The van der Waals surface area contributed by atoms with Crippen LogP contribution in [-0.4, -0.2) is 59.6 Å². The molecule has 2 aromatic carbocycles. The second-order valence-corrected chi connectivity index (χ2v) is 8.29. The van der Waals surface area contributed by atoms with Crippen LogP contribution in [0.3, 0.4) is 0 Å². The van der Waals surface area contributed by atoms with Gasteiger partial charge in [0.25, 0.3) is 5.92 Å². The first-order valence-corrected chi connectivity index (χ1v) is 10.8. The number of hydrogen-bond acceptors (Lipinski definition) is 4. The van der Waals surface area contributed by atoms with Crippen LogP contribution in [0.1, 0.15) is 36.3 Å². The summed E-state index contributed by atoms with van der Waals surface area (Å²) in [5, 5.41) is 11.6. The van der Waals surface area contributed by atoms with E-state index in [0.29, 0.717) is 4.90 Å². The van der Waals surface area contributed by atoms with Crippen molar-refractivity contribution in [1.82, 2.24) is 10.2 Å². The van der Waals surface area contributed by atoms with Crippen molar-refractivity contribution in [3.8, 4) is 11.1 Å². The Morgan fingerprint density at radius 2 is 1.67 bits per heavy atom. The van der Waals surface area contributed by atoms with Gasteiger partial charge >= 0.3 is 12.1 Å². The topological polar surface area (TPSA) is 95.9 Å². The van der Waals surface area contributed by atoms with E-state index in [0.717, 1.165) is 22.3 Å². The Bertz CT molecular complexity index is 1030. The first-order chi connectivity index (χ1) is 15.8. The standard InChI is InChI=1S/C24H24F2N2O5/c25-24(26)12-20(22(30)31)28(14-24)21(29)10-5-11-27-23(32)33-13-19-17-8-3-1-6-15(17)16-7-2-4-9-18(16)19/h1-4,6-9,19-20H,5,10-14H2,(H,27,32)(H,30,31). The largest absolute Gasteiger partial charge is 0.480 e. The molecule has 174 valence electrons. The van der Waals surface area contributed by atoms with Crippen LogP contribution in [0.2, 0.25) is 0 Å². The van der Waals surface area contributed by atoms with Gasteiger partial charge in [-0.15, -0.1) is 0 Å². The molecule has 1 fully saturated rings. The summed E-state index contributed by atoms with van der Waals surface area (Å²) in [5.74, 6) is -5.40. The van der Waals surface area contributed by atoms with Gasteiger partial charge in [0.15, 0.2) is 0 Å². The molecule has 1 heterocycles. The van der Waals surface area contributed by atoms with E-state index in [1.165, 1.54) is 0 Å². The van der Waals surface area contributed by atoms with E-state index in [-0.39, 0.29) is 31.9 Å². The van der Waals surface area contributed by atoms with Gasteiger partial charge < -0.3 is 20.1 Å². The van der Waals surface area contributed by atoms with Crippen molar-refractivity contribution in [3.63, 3.8) is 0 Å². The molecule has 2 aromatic rings. The highest BCUT2D eigenvalue weighted by Gasteiger charge is 2.49. The van der Waals surface area contributed by atoms with Crippen molar-refractivity contribution >= 4 is 18.0 Å². The number of rotatable bonds is 7. The van der Waals surface area contributed by atoms with Crippen molar-refractivity contribution in [2.75, 3.05) is 19.7 Å². The molecule has 7 nitrogen and oxygen atoms in total. The summed E-state index contributed by atoms with van der Waals surface area (Å²) < 4.78 is 32.5. The number of halogens is 2. The van der Waals surface area contributed by atoms with Gasteiger partial charge in [-0.3, -0.25) is 4.79 Å². The van der Waals surface area contributed by atoms with Crippen molar-refractivity contribution in [2.45, 2.75) is 37.1 Å². The van der Waals surface area contributed by atoms with Crippen LogP contribution in [0.15, 0.2) is 48.5 Å². The predicted octanol–water partition coefficient (Wildman–Crippen LogP) is 3.63. The lowest BCUT2D eigenvalue weighted by Gasteiger charge is -2.20. The van der Waals surface area contributed by atoms with Crippen LogP contribution in [0.5, 0.6) is 0 Å². The number of amides is 2. The minimum Gasteiger partial charge on any atom is -0.480 e. The minimum absolute atomic E-state index is 0.0745. The number of carbonyl (C=O) groups is 3. The summed E-state index contributed by atoms with van der Waals surface area (Å²) in [6.45, 7) is -0.644. The maximum Gasteiger partial charge on any atom is 0.407 e. The lowest BCUT2D eigenvalue weighted by Crippen LogP contribution is -2.41. The molecule has 2 N–H and O–H groups in total. The Labute approximate surface area is 189 Å². The number of likely N-dealkylation sites (tertiary alicyclic amines) is 1. The SMILES string of the molecule is O=C(NCCCC(=O)N1CC(F)(F)CC1C(=O)O)OCC1c2ccccc2-c2ccccc21. The first kappa shape index (κ1) is 22.7. The lowest BCUT2D eigenvalue weighted by molar-refractivity contribution is -0.148. The number of fused-ring (bicyclic) bond motifs is 3. The Morgan fingerprint density at radius 3 is 2.27 bits per heavy atom. The Kier molecular flexibility index (Phi) is 6.31. The summed E-state index contributed by atoms with van der Waals surface area (Å²) in [4.78, 5) is 36.2. The van der Waals surface area contributed by atoms with Crippen LogP contribution in [0, 0.1) is 0 Å². The zero-order valence-corrected chi connectivity index (χ0v) is 17.8. The van der Waals surface area contributed by atoms with Gasteiger partial charge in [0.05, 0.1) is 6.54 Å². The fourth-order valence-electron chi connectivity index (χ4n) is 4.52. The number of carboxylic acids is 1. The molecule has 1 aliphatic heterocycles. The van der Waals surface area contributed by atoms with Gasteiger partial charge in [0.2, 0.25) is 5.91 Å². The van der Waals surface area contributed by atoms with Gasteiger partial charge in [0, 0.05) is 25.3 Å². The number of nitrogens with zero attached hydrogens (tertiary/aromatic N) is 1. The summed E-state index contributed by atoms with van der Waals surface area (Å²) in [6.07, 6.45) is -1.49. The third kappa shape index (κ3) is 4.81. The zero-order valence-electron chi connectivity index (χ0n) is 17.8. The number of nitrogens with one attached hydrogen (secondary N) is 1. The fourth-order valence-corrected chi connectivity index (χ4v) is 4.52. The highest BCUT2D eigenvalue weighted by molar-refractivity contribution is 5.84. The number of carbonyl (C=O) groups excluding carboxylic acids is 2. The van der Waals surface area contributed by atoms with E-state index < -0.39 is 42.9 Å². The molecule has 1 saturated heterocycles. The molecule has 2 aliphatic rings. The van der Waals surface area contributed by atoms with Gasteiger partial charge in [-0.1, -0.05) is 48.5 Å². The molecule has 33 heavy (non-hydrogen) atoms. The van der Waals surface area contributed by atoms with Crippen LogP contribution >= 0.6 is 0 Å². The molecule has 9 heteroatoms. The van der Waals surface area contributed by atoms with Crippen LogP contribution in [-0.2, 0) is 14.3 Å². The highest BCUT2D eigenvalue weighted by atomic mass is 19.3. The number of aliphatic carboxylic acids is 1. The number of carboxylic acid groups (broad SMARTS) is 1. The monoisotopic (exact) mass is 458 g/mol. The van der Waals surface area contributed by atoms with Crippen molar-refractivity contribution < 1.29 is 33.0 Å². The molecule has 1 aliphatic carbocycles. The molecule has 2 amide bonds. The molecule has 1 unspecified atom stereocenters. The molecule has 0 radical (unpaired) electrons. The van der Waals surface area contributed by atoms with E-state index in [4.69, 9.17) is 9.84 Å². The van der Waals surface area contributed by atoms with Gasteiger partial charge in [-0.25, -0.2) is 18.4 Å². The number of alkyl halides is 2. The Balaban J connectivity index is 1.24. The average Bonchev–Trinajstić information content (AvgIpc) is 3.29. The third-order valence-corrected chi connectivity index (χ3v) is 6.06. The normalized spacial score (nSPS) is 18.5. The maximum absolute atomic E-state index is 13.5. The number of alkyl carbamates (subject to hydrolysis) is 1. The maximum atomic E-state index is 13.5. The molecule has 0 bridgehead atoms. The molecular weight excluding hydrogens is 434 g/mol. The quantitative estimate of drug-likeness (QED) is 0.618. The summed E-state index contributed by atoms with van der Waals surface area (Å²) in [5.41, 5.74) is 4.42. The van der Waals surface area contributed by atoms with E-state index in [1.54, 1.807) is 0 Å². The smallest absolute Gasteiger partial charge is 0.407 e. The Hall–Kier alpha value is -3.49. The molecule has 0 saturated carbocycles. The second-order valence-electron chi connectivity index (χ2n) is 8.29. The second kappa shape index (κ2) is 9.17. The first-order valence-electron chi connectivity index (χ1n) is 10.8. The summed E-state index contributed by atoms with van der Waals surface area (Å²) in [6, 6.07) is 14.4. The fraction of sp³-hybridized carbons (Fsp3) is 0.375. The van der Waals surface area contributed by atoms with E-state index >= 15 is 0 Å². The van der Waals surface area contributed by atoms with E-state index in [1.807, 2.05) is 48.5 Å². The molecule has 0 aromatic heterocycles. The highest BCUT2D eigenvalue weighted by Crippen LogP contribution is 2.44. The van der Waals surface area contributed by atoms with Crippen molar-refractivity contribution in [2.24, 2.45) is 0 Å². The molecule has 0 spiro atoms.